The Kier molecular flexibility index (Phi) is 1.74. The first-order chi connectivity index (χ1) is 6.03. The Labute approximate surface area is 82.7 Å². The molecule has 2 rings (SSSR count). The van der Waals surface area contributed by atoms with E-state index in [1.807, 2.05) is 32.0 Å². The summed E-state index contributed by atoms with van der Waals surface area (Å²) in [6, 6.07) is 5.73. The average molecular weight is 195 g/mol. The van der Waals surface area contributed by atoms with Crippen LogP contribution in [0.15, 0.2) is 18.2 Å². The molecule has 13 heavy (non-hydrogen) atoms. The van der Waals surface area contributed by atoms with Gasteiger partial charge >= 0.3 is 0 Å². The Balaban J connectivity index is 2.70. The molecule has 0 amide bonds. The van der Waals surface area contributed by atoms with Crippen LogP contribution in [-0.2, 0) is 16.6 Å². The molecular weight excluding hydrogens is 184 g/mol. The van der Waals surface area contributed by atoms with Gasteiger partial charge in [-0.1, -0.05) is 23.7 Å². The molecule has 0 heterocycles. The molecule has 0 aliphatic heterocycles. The number of Topliss-reactive ketones (excluding diaryl/α,β-unsaturated/α-hetero) is 1. The van der Waals surface area contributed by atoms with Crippen molar-refractivity contribution >= 4 is 17.4 Å². The van der Waals surface area contributed by atoms with E-state index in [-0.39, 0.29) is 5.78 Å². The van der Waals surface area contributed by atoms with Gasteiger partial charge in [-0.15, -0.1) is 0 Å². The van der Waals surface area contributed by atoms with E-state index in [0.717, 1.165) is 11.1 Å². The van der Waals surface area contributed by atoms with E-state index < -0.39 is 5.41 Å². The second kappa shape index (κ2) is 2.58. The number of carbonyl (C=O) groups excluding carboxylic acids is 1. The average Bonchev–Trinajstić information content (AvgIpc) is 2.24. The van der Waals surface area contributed by atoms with Gasteiger partial charge in [0.15, 0.2) is 0 Å². The predicted octanol–water partition coefficient (Wildman–Crippen LogP) is 2.74. The topological polar surface area (TPSA) is 17.1 Å². The number of benzene rings is 1. The predicted molar refractivity (Wildman–Crippen MR) is 53.2 cm³/mol. The fourth-order valence-corrected chi connectivity index (χ4v) is 2.38. The second-order valence-corrected chi connectivity index (χ2v) is 4.41. The van der Waals surface area contributed by atoms with E-state index in [1.54, 1.807) is 0 Å². The summed E-state index contributed by atoms with van der Waals surface area (Å²) in [4.78, 5) is 11.6. The maximum Gasteiger partial charge on any atom is 0.147 e. The summed E-state index contributed by atoms with van der Waals surface area (Å²) >= 11 is 6.07. The minimum absolute atomic E-state index is 0.260. The van der Waals surface area contributed by atoms with Gasteiger partial charge in [-0.05, 0) is 31.0 Å². The van der Waals surface area contributed by atoms with Crippen molar-refractivity contribution in [3.63, 3.8) is 0 Å². The van der Waals surface area contributed by atoms with Gasteiger partial charge in [0, 0.05) is 11.4 Å². The summed E-state index contributed by atoms with van der Waals surface area (Å²) in [6.07, 6.45) is 0.531. The minimum atomic E-state index is -0.395. The van der Waals surface area contributed by atoms with Gasteiger partial charge in [-0.3, -0.25) is 4.79 Å². The lowest BCUT2D eigenvalue weighted by Gasteiger charge is -2.18. The molecule has 0 atom stereocenters. The van der Waals surface area contributed by atoms with Crippen molar-refractivity contribution in [2.75, 3.05) is 0 Å². The van der Waals surface area contributed by atoms with Gasteiger partial charge in [0.25, 0.3) is 0 Å². The molecule has 0 N–H and O–H groups in total. The highest BCUT2D eigenvalue weighted by atomic mass is 35.5. The van der Waals surface area contributed by atoms with Gasteiger partial charge in [-0.2, -0.15) is 0 Å². The molecule has 1 aromatic carbocycles. The van der Waals surface area contributed by atoms with Crippen LogP contribution in [0.1, 0.15) is 25.0 Å². The molecule has 0 spiro atoms. The summed E-state index contributed by atoms with van der Waals surface area (Å²) < 4.78 is 0. The molecule has 0 bridgehead atoms. The van der Waals surface area contributed by atoms with Crippen molar-refractivity contribution in [1.82, 2.24) is 0 Å². The third-order valence-electron chi connectivity index (χ3n) is 2.77. The molecule has 0 aromatic heterocycles. The van der Waals surface area contributed by atoms with E-state index in [1.165, 1.54) is 0 Å². The van der Waals surface area contributed by atoms with E-state index >= 15 is 0 Å². The summed E-state index contributed by atoms with van der Waals surface area (Å²) in [6.45, 7) is 3.88. The van der Waals surface area contributed by atoms with Crippen LogP contribution in [0.2, 0.25) is 5.02 Å². The monoisotopic (exact) mass is 194 g/mol. The minimum Gasteiger partial charge on any atom is -0.298 e. The fraction of sp³-hybridized carbons (Fsp3) is 0.364. The van der Waals surface area contributed by atoms with Crippen LogP contribution in [0, 0.1) is 0 Å². The zero-order valence-corrected chi connectivity index (χ0v) is 8.48. The molecule has 0 radical (unpaired) electrons. The van der Waals surface area contributed by atoms with Crippen molar-refractivity contribution in [3.8, 4) is 0 Å². The lowest BCUT2D eigenvalue weighted by Crippen LogP contribution is -2.23. The molecule has 0 saturated carbocycles. The first-order valence-electron chi connectivity index (χ1n) is 4.34. The molecule has 68 valence electrons. The molecule has 0 fully saturated rings. The first-order valence-corrected chi connectivity index (χ1v) is 4.72. The SMILES string of the molecule is CC1(C)C(=O)Cc2cccc(Cl)c21. The van der Waals surface area contributed by atoms with Crippen LogP contribution in [0.5, 0.6) is 0 Å². The first kappa shape index (κ1) is 8.76. The molecule has 1 aliphatic carbocycles. The summed E-state index contributed by atoms with van der Waals surface area (Å²) in [7, 11) is 0. The van der Waals surface area contributed by atoms with Crippen molar-refractivity contribution in [1.29, 1.82) is 0 Å². The van der Waals surface area contributed by atoms with Crippen LogP contribution in [0.4, 0.5) is 0 Å². The zero-order valence-electron chi connectivity index (χ0n) is 7.73. The van der Waals surface area contributed by atoms with E-state index in [2.05, 4.69) is 0 Å². The van der Waals surface area contributed by atoms with Gasteiger partial charge in [0.2, 0.25) is 0 Å². The van der Waals surface area contributed by atoms with Gasteiger partial charge in [0.05, 0.1) is 5.41 Å². The number of carbonyl (C=O) groups is 1. The second-order valence-electron chi connectivity index (χ2n) is 4.00. The number of ketones is 1. The molecule has 0 saturated heterocycles. The van der Waals surface area contributed by atoms with Crippen molar-refractivity contribution in [2.45, 2.75) is 25.7 Å². The van der Waals surface area contributed by atoms with Crippen molar-refractivity contribution < 1.29 is 4.79 Å². The third-order valence-corrected chi connectivity index (χ3v) is 3.09. The molecule has 1 aromatic rings. The van der Waals surface area contributed by atoms with Gasteiger partial charge in [-0.25, -0.2) is 0 Å². The number of halogens is 1. The highest BCUT2D eigenvalue weighted by Gasteiger charge is 2.39. The molecule has 0 unspecified atom stereocenters. The van der Waals surface area contributed by atoms with E-state index in [4.69, 9.17) is 11.6 Å². The molecule has 1 nitrogen and oxygen atoms in total. The normalized spacial score (nSPS) is 18.8. The van der Waals surface area contributed by atoms with Crippen LogP contribution in [-0.4, -0.2) is 5.78 Å². The highest BCUT2D eigenvalue weighted by Crippen LogP contribution is 2.39. The van der Waals surface area contributed by atoms with E-state index in [9.17, 15) is 4.79 Å². The zero-order chi connectivity index (χ0) is 9.64. The largest absolute Gasteiger partial charge is 0.298 e. The number of hydrogen-bond acceptors (Lipinski definition) is 1. The van der Waals surface area contributed by atoms with Crippen LogP contribution in [0.3, 0.4) is 0 Å². The Morgan fingerprint density at radius 3 is 2.69 bits per heavy atom. The number of fused-ring (bicyclic) bond motifs is 1. The van der Waals surface area contributed by atoms with Crippen molar-refractivity contribution in [3.05, 3.63) is 34.3 Å². The fourth-order valence-electron chi connectivity index (χ4n) is 1.95. The maximum atomic E-state index is 11.6. The van der Waals surface area contributed by atoms with Gasteiger partial charge in [0.1, 0.15) is 5.78 Å². The highest BCUT2D eigenvalue weighted by molar-refractivity contribution is 6.32. The Bertz CT molecular complexity index is 380. The van der Waals surface area contributed by atoms with Gasteiger partial charge < -0.3 is 0 Å². The lowest BCUT2D eigenvalue weighted by atomic mass is 9.86. The Morgan fingerprint density at radius 2 is 2.08 bits per heavy atom. The Morgan fingerprint density at radius 1 is 1.38 bits per heavy atom. The van der Waals surface area contributed by atoms with Crippen LogP contribution < -0.4 is 0 Å². The quantitative estimate of drug-likeness (QED) is 0.621. The standard InChI is InChI=1S/C11H11ClO/c1-11(2)9(13)6-7-4-3-5-8(12)10(7)11/h3-5H,6H2,1-2H3. The Hall–Kier alpha value is -0.820. The third kappa shape index (κ3) is 1.11. The van der Waals surface area contributed by atoms with Crippen LogP contribution in [0.25, 0.3) is 0 Å². The molecule has 2 heteroatoms. The smallest absolute Gasteiger partial charge is 0.147 e. The molecule has 1 aliphatic rings. The molecular formula is C11H11ClO. The summed E-state index contributed by atoms with van der Waals surface area (Å²) in [5.74, 6) is 0.260. The number of rotatable bonds is 0. The summed E-state index contributed by atoms with van der Waals surface area (Å²) in [5, 5.41) is 0.716. The van der Waals surface area contributed by atoms with Crippen molar-refractivity contribution in [2.24, 2.45) is 0 Å². The maximum absolute atomic E-state index is 11.6. The van der Waals surface area contributed by atoms with E-state index in [0.29, 0.717) is 11.4 Å². The van der Waals surface area contributed by atoms with Crippen LogP contribution >= 0.6 is 11.6 Å². The summed E-state index contributed by atoms with van der Waals surface area (Å²) in [5.41, 5.74) is 1.71. The lowest BCUT2D eigenvalue weighted by molar-refractivity contribution is -0.121. The number of hydrogen-bond donors (Lipinski definition) is 0.